The van der Waals surface area contributed by atoms with Gasteiger partial charge in [0.1, 0.15) is 0 Å². The normalized spacial score (nSPS) is 21.8. The average Bonchev–Trinajstić information content (AvgIpc) is 3.19. The van der Waals surface area contributed by atoms with Crippen LogP contribution >= 0.6 is 0 Å². The number of fused-ring (bicyclic) bond motifs is 1. The minimum Gasteiger partial charge on any atom is -0.466 e. The number of hydrogen-bond acceptors (Lipinski definition) is 3. The fourth-order valence-electron chi connectivity index (χ4n) is 2.32. The average molecular weight is 241 g/mol. The van der Waals surface area contributed by atoms with E-state index in [9.17, 15) is 4.79 Å². The first-order valence-corrected chi connectivity index (χ1v) is 6.32. The van der Waals surface area contributed by atoms with E-state index in [2.05, 4.69) is 11.1 Å². The van der Waals surface area contributed by atoms with Crippen LogP contribution in [-0.2, 0) is 9.53 Å². The quantitative estimate of drug-likeness (QED) is 0.776. The predicted molar refractivity (Wildman–Crippen MR) is 69.2 cm³/mol. The Balaban J connectivity index is 1.82. The Morgan fingerprint density at radius 2 is 2.17 bits per heavy atom. The van der Waals surface area contributed by atoms with Gasteiger partial charge in [-0.25, -0.2) is 0 Å². The van der Waals surface area contributed by atoms with Crippen LogP contribution in [0.25, 0.3) is 10.9 Å². The van der Waals surface area contributed by atoms with Crippen molar-refractivity contribution in [2.24, 2.45) is 5.92 Å². The molecule has 2 atom stereocenters. The zero-order valence-corrected chi connectivity index (χ0v) is 10.3. The van der Waals surface area contributed by atoms with E-state index in [4.69, 9.17) is 4.74 Å². The number of ether oxygens (including phenoxy) is 1. The molecule has 0 unspecified atom stereocenters. The molecule has 0 N–H and O–H groups in total. The van der Waals surface area contributed by atoms with Crippen LogP contribution in [0.4, 0.5) is 0 Å². The summed E-state index contributed by atoms with van der Waals surface area (Å²) in [5, 5.41) is 1.13. The summed E-state index contributed by atoms with van der Waals surface area (Å²) in [6.07, 6.45) is 0.865. The van der Waals surface area contributed by atoms with Gasteiger partial charge in [0, 0.05) is 17.0 Å². The molecule has 18 heavy (non-hydrogen) atoms. The van der Waals surface area contributed by atoms with Crippen molar-refractivity contribution in [1.82, 2.24) is 4.98 Å². The van der Waals surface area contributed by atoms with Crippen LogP contribution in [-0.4, -0.2) is 17.6 Å². The highest BCUT2D eigenvalue weighted by atomic mass is 16.5. The van der Waals surface area contributed by atoms with Gasteiger partial charge in [-0.3, -0.25) is 9.78 Å². The topological polar surface area (TPSA) is 39.2 Å². The van der Waals surface area contributed by atoms with Crippen molar-refractivity contribution in [3.8, 4) is 0 Å². The van der Waals surface area contributed by atoms with Crippen molar-refractivity contribution in [1.29, 1.82) is 0 Å². The van der Waals surface area contributed by atoms with E-state index in [1.54, 1.807) is 0 Å². The van der Waals surface area contributed by atoms with Gasteiger partial charge >= 0.3 is 5.97 Å². The lowest BCUT2D eigenvalue weighted by Crippen LogP contribution is -2.07. The van der Waals surface area contributed by atoms with Gasteiger partial charge in [-0.2, -0.15) is 0 Å². The summed E-state index contributed by atoms with van der Waals surface area (Å²) in [5.74, 6) is 0.171. The number of carbonyl (C=O) groups is 1. The predicted octanol–water partition coefficient (Wildman–Crippen LogP) is 2.90. The maximum absolute atomic E-state index is 11.6. The standard InChI is InChI=1S/C15H15NO2/c1-2-18-15(17)12-9-11(12)14-8-7-10-5-3-4-6-13(10)16-14/h3-8,11-12H,2,9H2,1H3/t11-,12+/m1/s1. The summed E-state index contributed by atoms with van der Waals surface area (Å²) >= 11 is 0. The van der Waals surface area contributed by atoms with Crippen LogP contribution in [0.1, 0.15) is 25.0 Å². The van der Waals surface area contributed by atoms with Gasteiger partial charge in [0.2, 0.25) is 0 Å². The van der Waals surface area contributed by atoms with E-state index in [1.807, 2.05) is 37.3 Å². The number of nitrogens with zero attached hydrogens (tertiary/aromatic N) is 1. The smallest absolute Gasteiger partial charge is 0.309 e. The van der Waals surface area contributed by atoms with Gasteiger partial charge in [-0.05, 0) is 25.5 Å². The van der Waals surface area contributed by atoms with Crippen molar-refractivity contribution in [2.75, 3.05) is 6.61 Å². The summed E-state index contributed by atoms with van der Waals surface area (Å²) < 4.78 is 5.04. The van der Waals surface area contributed by atoms with E-state index in [-0.39, 0.29) is 17.8 Å². The molecule has 1 aliphatic rings. The molecule has 92 valence electrons. The minimum atomic E-state index is -0.0857. The van der Waals surface area contributed by atoms with E-state index in [0.29, 0.717) is 6.61 Å². The number of hydrogen-bond donors (Lipinski definition) is 0. The van der Waals surface area contributed by atoms with Crippen LogP contribution in [0.5, 0.6) is 0 Å². The van der Waals surface area contributed by atoms with Gasteiger partial charge in [-0.15, -0.1) is 0 Å². The molecule has 3 nitrogen and oxygen atoms in total. The monoisotopic (exact) mass is 241 g/mol. The highest BCUT2D eigenvalue weighted by molar-refractivity contribution is 5.80. The Morgan fingerprint density at radius 1 is 1.33 bits per heavy atom. The van der Waals surface area contributed by atoms with Crippen LogP contribution in [0.15, 0.2) is 36.4 Å². The minimum absolute atomic E-state index is 0.0126. The molecule has 0 radical (unpaired) electrons. The fourth-order valence-corrected chi connectivity index (χ4v) is 2.32. The Hall–Kier alpha value is -1.90. The van der Waals surface area contributed by atoms with Crippen LogP contribution in [0.3, 0.4) is 0 Å². The van der Waals surface area contributed by atoms with E-state index >= 15 is 0 Å². The van der Waals surface area contributed by atoms with E-state index < -0.39 is 0 Å². The van der Waals surface area contributed by atoms with Crippen molar-refractivity contribution < 1.29 is 9.53 Å². The third-order valence-electron chi connectivity index (χ3n) is 3.38. The zero-order chi connectivity index (χ0) is 12.5. The van der Waals surface area contributed by atoms with Crippen molar-refractivity contribution in [3.63, 3.8) is 0 Å². The lowest BCUT2D eigenvalue weighted by Gasteiger charge is -2.03. The second kappa shape index (κ2) is 4.41. The lowest BCUT2D eigenvalue weighted by molar-refractivity contribution is -0.144. The largest absolute Gasteiger partial charge is 0.466 e. The molecule has 2 aromatic rings. The summed E-state index contributed by atoms with van der Waals surface area (Å²) in [7, 11) is 0. The Labute approximate surface area is 106 Å². The first-order chi connectivity index (χ1) is 8.79. The Kier molecular flexibility index (Phi) is 2.74. The highest BCUT2D eigenvalue weighted by Gasteiger charge is 2.46. The number of pyridine rings is 1. The van der Waals surface area contributed by atoms with Crippen LogP contribution in [0.2, 0.25) is 0 Å². The summed E-state index contributed by atoms with van der Waals surface area (Å²) in [5.41, 5.74) is 2.00. The number of esters is 1. The molecular weight excluding hydrogens is 226 g/mol. The zero-order valence-electron chi connectivity index (χ0n) is 10.3. The van der Waals surface area contributed by atoms with Crippen LogP contribution in [0, 0.1) is 5.92 Å². The third kappa shape index (κ3) is 1.96. The van der Waals surface area contributed by atoms with Crippen molar-refractivity contribution >= 4 is 16.9 Å². The molecule has 1 fully saturated rings. The van der Waals surface area contributed by atoms with E-state index in [0.717, 1.165) is 23.0 Å². The van der Waals surface area contributed by atoms with Gasteiger partial charge in [0.05, 0.1) is 18.0 Å². The van der Waals surface area contributed by atoms with Gasteiger partial charge in [0.25, 0.3) is 0 Å². The molecule has 0 amide bonds. The fraction of sp³-hybridized carbons (Fsp3) is 0.333. The molecule has 0 saturated heterocycles. The summed E-state index contributed by atoms with van der Waals surface area (Å²) in [4.78, 5) is 16.2. The molecule has 3 heteroatoms. The second-order valence-corrected chi connectivity index (χ2v) is 4.63. The summed E-state index contributed by atoms with van der Waals surface area (Å²) in [6, 6.07) is 12.1. The SMILES string of the molecule is CCOC(=O)[C@H]1C[C@H]1c1ccc2ccccc2n1. The molecule has 1 aliphatic carbocycles. The van der Waals surface area contributed by atoms with Gasteiger partial charge in [-0.1, -0.05) is 24.3 Å². The molecule has 1 aromatic carbocycles. The van der Waals surface area contributed by atoms with Gasteiger partial charge in [0.15, 0.2) is 0 Å². The second-order valence-electron chi connectivity index (χ2n) is 4.63. The molecule has 1 heterocycles. The highest BCUT2D eigenvalue weighted by Crippen LogP contribution is 2.47. The van der Waals surface area contributed by atoms with E-state index in [1.165, 1.54) is 0 Å². The Morgan fingerprint density at radius 3 is 3.00 bits per heavy atom. The maximum Gasteiger partial charge on any atom is 0.309 e. The number of carbonyl (C=O) groups excluding carboxylic acids is 1. The van der Waals surface area contributed by atoms with Crippen LogP contribution < -0.4 is 0 Å². The summed E-state index contributed by atoms with van der Waals surface area (Å²) in [6.45, 7) is 2.29. The first kappa shape index (κ1) is 11.2. The molecule has 0 bridgehead atoms. The third-order valence-corrected chi connectivity index (χ3v) is 3.38. The first-order valence-electron chi connectivity index (χ1n) is 6.32. The molecule has 0 spiro atoms. The number of para-hydroxylation sites is 1. The Bertz CT molecular complexity index is 594. The number of rotatable bonds is 3. The number of aromatic nitrogens is 1. The molecule has 1 aromatic heterocycles. The molecule has 1 saturated carbocycles. The maximum atomic E-state index is 11.6. The molecule has 3 rings (SSSR count). The molecule has 0 aliphatic heterocycles. The van der Waals surface area contributed by atoms with Crippen molar-refractivity contribution in [2.45, 2.75) is 19.3 Å². The van der Waals surface area contributed by atoms with Gasteiger partial charge < -0.3 is 4.74 Å². The van der Waals surface area contributed by atoms with Crippen molar-refractivity contribution in [3.05, 3.63) is 42.1 Å². The lowest BCUT2D eigenvalue weighted by atomic mass is 10.1. The molecular formula is C15H15NO2. The number of benzene rings is 1.